The van der Waals surface area contributed by atoms with Gasteiger partial charge in [-0.25, -0.2) is 0 Å². The molecule has 1 fully saturated rings. The van der Waals surface area contributed by atoms with Gasteiger partial charge in [-0.2, -0.15) is 0 Å². The topological polar surface area (TPSA) is 29.3 Å². The molecule has 2 N–H and O–H groups in total. The van der Waals surface area contributed by atoms with Gasteiger partial charge in [0.15, 0.2) is 0 Å². The monoisotopic (exact) mass is 294 g/mol. The fourth-order valence-corrected chi connectivity index (χ4v) is 3.18. The number of benzene rings is 1. The van der Waals surface area contributed by atoms with Gasteiger partial charge < -0.3 is 5.73 Å². The van der Waals surface area contributed by atoms with Crippen LogP contribution in [0.5, 0.6) is 0 Å². The molecule has 1 aliphatic rings. The van der Waals surface area contributed by atoms with Crippen LogP contribution < -0.4 is 5.73 Å². The van der Waals surface area contributed by atoms with E-state index in [1.165, 1.54) is 31.4 Å². The standard InChI is InChI=1S/C17H27ClN2/c1-3-16(19)17(14-8-10-15(18)11-9-14)20(4-2)12-13-6-5-7-13/h8-11,13,16-17H,3-7,12,19H2,1-2H3. The molecule has 1 aromatic carbocycles. The Bertz CT molecular complexity index is 400. The molecule has 0 aliphatic heterocycles. The first-order valence-electron chi connectivity index (χ1n) is 7.90. The van der Waals surface area contributed by atoms with Gasteiger partial charge in [0.05, 0.1) is 0 Å². The van der Waals surface area contributed by atoms with Gasteiger partial charge >= 0.3 is 0 Å². The van der Waals surface area contributed by atoms with E-state index in [0.29, 0.717) is 6.04 Å². The fourth-order valence-electron chi connectivity index (χ4n) is 3.06. The van der Waals surface area contributed by atoms with Crippen molar-refractivity contribution >= 4 is 11.6 Å². The Kier molecular flexibility index (Phi) is 5.88. The summed E-state index contributed by atoms with van der Waals surface area (Å²) in [6.07, 6.45) is 5.15. The average molecular weight is 295 g/mol. The van der Waals surface area contributed by atoms with E-state index in [1.54, 1.807) is 0 Å². The van der Waals surface area contributed by atoms with Crippen molar-refractivity contribution in [2.45, 2.75) is 51.6 Å². The number of likely N-dealkylation sites (N-methyl/N-ethyl adjacent to an activating group) is 1. The first kappa shape index (κ1) is 15.8. The third-order valence-electron chi connectivity index (χ3n) is 4.61. The van der Waals surface area contributed by atoms with Crippen molar-refractivity contribution in [2.24, 2.45) is 11.7 Å². The zero-order valence-electron chi connectivity index (χ0n) is 12.7. The molecule has 112 valence electrons. The number of nitrogens with two attached hydrogens (primary N) is 1. The van der Waals surface area contributed by atoms with E-state index < -0.39 is 0 Å². The third-order valence-corrected chi connectivity index (χ3v) is 4.86. The molecule has 1 aromatic rings. The van der Waals surface area contributed by atoms with E-state index in [-0.39, 0.29) is 6.04 Å². The van der Waals surface area contributed by atoms with Crippen LogP contribution in [0.1, 0.15) is 51.1 Å². The van der Waals surface area contributed by atoms with E-state index in [2.05, 4.69) is 30.9 Å². The number of hydrogen-bond acceptors (Lipinski definition) is 2. The first-order valence-corrected chi connectivity index (χ1v) is 8.28. The Balaban J connectivity index is 2.17. The van der Waals surface area contributed by atoms with Crippen molar-refractivity contribution < 1.29 is 0 Å². The average Bonchev–Trinajstić information content (AvgIpc) is 2.42. The second-order valence-electron chi connectivity index (χ2n) is 5.95. The summed E-state index contributed by atoms with van der Waals surface area (Å²) in [4.78, 5) is 2.56. The van der Waals surface area contributed by atoms with Gasteiger partial charge in [0.2, 0.25) is 0 Å². The number of nitrogens with zero attached hydrogens (tertiary/aromatic N) is 1. The van der Waals surface area contributed by atoms with Crippen molar-refractivity contribution in [3.05, 3.63) is 34.9 Å². The Hall–Kier alpha value is -0.570. The van der Waals surface area contributed by atoms with Crippen LogP contribution >= 0.6 is 11.6 Å². The molecule has 0 aromatic heterocycles. The summed E-state index contributed by atoms with van der Waals surface area (Å²) in [7, 11) is 0. The van der Waals surface area contributed by atoms with Gasteiger partial charge in [-0.3, -0.25) is 4.90 Å². The van der Waals surface area contributed by atoms with Crippen LogP contribution in [0.4, 0.5) is 0 Å². The fraction of sp³-hybridized carbons (Fsp3) is 0.647. The summed E-state index contributed by atoms with van der Waals surface area (Å²) < 4.78 is 0. The molecule has 1 saturated carbocycles. The largest absolute Gasteiger partial charge is 0.326 e. The number of rotatable bonds is 7. The lowest BCUT2D eigenvalue weighted by Gasteiger charge is -2.39. The summed E-state index contributed by atoms with van der Waals surface area (Å²) in [6.45, 7) is 6.64. The maximum atomic E-state index is 6.42. The maximum absolute atomic E-state index is 6.42. The highest BCUT2D eigenvalue weighted by Gasteiger charge is 2.28. The predicted octanol–water partition coefficient (Wildman–Crippen LogP) is 4.24. The van der Waals surface area contributed by atoms with Crippen LogP contribution in [0.25, 0.3) is 0 Å². The Labute approximate surface area is 128 Å². The molecule has 0 saturated heterocycles. The highest BCUT2D eigenvalue weighted by Crippen LogP contribution is 2.32. The second-order valence-corrected chi connectivity index (χ2v) is 6.39. The Morgan fingerprint density at radius 1 is 1.25 bits per heavy atom. The van der Waals surface area contributed by atoms with Gasteiger partial charge in [0.1, 0.15) is 0 Å². The minimum atomic E-state index is 0.177. The molecule has 2 atom stereocenters. The number of halogens is 1. The van der Waals surface area contributed by atoms with Crippen molar-refractivity contribution in [3.63, 3.8) is 0 Å². The van der Waals surface area contributed by atoms with E-state index >= 15 is 0 Å². The molecule has 2 nitrogen and oxygen atoms in total. The lowest BCUT2D eigenvalue weighted by atomic mass is 9.84. The van der Waals surface area contributed by atoms with Gasteiger partial charge in [0.25, 0.3) is 0 Å². The second kappa shape index (κ2) is 7.44. The molecule has 0 amide bonds. The molecule has 1 aliphatic carbocycles. The SMILES string of the molecule is CCC(N)C(c1ccc(Cl)cc1)N(CC)CC1CCC1. The molecule has 0 heterocycles. The van der Waals surface area contributed by atoms with Gasteiger partial charge in [0, 0.05) is 23.7 Å². The summed E-state index contributed by atoms with van der Waals surface area (Å²) in [6, 6.07) is 8.70. The summed E-state index contributed by atoms with van der Waals surface area (Å²) >= 11 is 6.01. The van der Waals surface area contributed by atoms with E-state index in [9.17, 15) is 0 Å². The highest BCUT2D eigenvalue weighted by atomic mass is 35.5. The van der Waals surface area contributed by atoms with Crippen LogP contribution in [0.3, 0.4) is 0 Å². The van der Waals surface area contributed by atoms with Crippen LogP contribution in [-0.4, -0.2) is 24.0 Å². The maximum Gasteiger partial charge on any atom is 0.0499 e. The number of hydrogen-bond donors (Lipinski definition) is 1. The molecule has 20 heavy (non-hydrogen) atoms. The zero-order valence-corrected chi connectivity index (χ0v) is 13.4. The van der Waals surface area contributed by atoms with Crippen LogP contribution in [-0.2, 0) is 0 Å². The molecule has 3 heteroatoms. The summed E-state index contributed by atoms with van der Waals surface area (Å²) in [5.41, 5.74) is 7.72. The van der Waals surface area contributed by atoms with Gasteiger partial charge in [-0.1, -0.05) is 44.0 Å². The molecule has 0 bridgehead atoms. The van der Waals surface area contributed by atoms with E-state index in [1.807, 2.05) is 12.1 Å². The normalized spacial score (nSPS) is 18.9. The van der Waals surface area contributed by atoms with Crippen molar-refractivity contribution in [3.8, 4) is 0 Å². The third kappa shape index (κ3) is 3.75. The molecule has 2 rings (SSSR count). The summed E-state index contributed by atoms with van der Waals surface area (Å²) in [5, 5.41) is 0.791. The molecular weight excluding hydrogens is 268 g/mol. The minimum absolute atomic E-state index is 0.177. The highest BCUT2D eigenvalue weighted by molar-refractivity contribution is 6.30. The van der Waals surface area contributed by atoms with Crippen LogP contribution in [0, 0.1) is 5.92 Å². The van der Waals surface area contributed by atoms with Gasteiger partial charge in [-0.05, 0) is 49.4 Å². The van der Waals surface area contributed by atoms with E-state index in [4.69, 9.17) is 17.3 Å². The van der Waals surface area contributed by atoms with E-state index in [0.717, 1.165) is 23.9 Å². The van der Waals surface area contributed by atoms with Crippen molar-refractivity contribution in [2.75, 3.05) is 13.1 Å². The quantitative estimate of drug-likeness (QED) is 0.815. The minimum Gasteiger partial charge on any atom is -0.326 e. The lowest BCUT2D eigenvalue weighted by molar-refractivity contribution is 0.121. The van der Waals surface area contributed by atoms with Crippen molar-refractivity contribution in [1.82, 2.24) is 4.90 Å². The molecule has 0 radical (unpaired) electrons. The Morgan fingerprint density at radius 2 is 1.90 bits per heavy atom. The predicted molar refractivity (Wildman–Crippen MR) is 87.0 cm³/mol. The molecular formula is C17H27ClN2. The molecule has 2 unspecified atom stereocenters. The molecule has 0 spiro atoms. The zero-order chi connectivity index (χ0) is 14.5. The van der Waals surface area contributed by atoms with Crippen LogP contribution in [0.15, 0.2) is 24.3 Å². The Morgan fingerprint density at radius 3 is 2.35 bits per heavy atom. The van der Waals surface area contributed by atoms with Crippen LogP contribution in [0.2, 0.25) is 5.02 Å². The lowest BCUT2D eigenvalue weighted by Crippen LogP contribution is -2.43. The van der Waals surface area contributed by atoms with Crippen molar-refractivity contribution in [1.29, 1.82) is 0 Å². The first-order chi connectivity index (χ1) is 9.65. The van der Waals surface area contributed by atoms with Gasteiger partial charge in [-0.15, -0.1) is 0 Å². The summed E-state index contributed by atoms with van der Waals surface area (Å²) in [5.74, 6) is 0.869. The smallest absolute Gasteiger partial charge is 0.0499 e.